The van der Waals surface area contributed by atoms with Gasteiger partial charge in [-0.25, -0.2) is 0 Å². The van der Waals surface area contributed by atoms with Crippen molar-refractivity contribution in [1.29, 1.82) is 0 Å². The first-order chi connectivity index (χ1) is 12.1. The molecule has 1 aromatic heterocycles. The molecule has 0 unspecified atom stereocenters. The van der Waals surface area contributed by atoms with Crippen LogP contribution in [0.4, 0.5) is 5.69 Å². The van der Waals surface area contributed by atoms with Gasteiger partial charge in [-0.1, -0.05) is 59.8 Å². The van der Waals surface area contributed by atoms with Crippen molar-refractivity contribution < 1.29 is 9.53 Å². The molecule has 0 bridgehead atoms. The third-order valence-corrected chi connectivity index (χ3v) is 6.61. The lowest BCUT2D eigenvalue weighted by Crippen LogP contribution is -2.12. The Bertz CT molecular complexity index is 697. The number of nitrogens with one attached hydrogen (secondary N) is 1. The number of benzene rings is 1. The van der Waals surface area contributed by atoms with E-state index >= 15 is 0 Å². The van der Waals surface area contributed by atoms with E-state index in [4.69, 9.17) is 16.3 Å². The molecule has 0 saturated heterocycles. The normalized spacial score (nSPS) is 10.7. The van der Waals surface area contributed by atoms with Crippen LogP contribution in [0.5, 0.6) is 5.75 Å². The van der Waals surface area contributed by atoms with Gasteiger partial charge in [-0.2, -0.15) is 0 Å². The Balaban J connectivity index is 1.76. The number of carbonyl (C=O) groups excluding carboxylic acids is 1. The number of rotatable bonds is 10. The molecule has 0 fully saturated rings. The highest BCUT2D eigenvalue weighted by atomic mass is 35.5. The molecule has 9 heteroatoms. The van der Waals surface area contributed by atoms with Crippen molar-refractivity contribution in [3.05, 3.63) is 23.2 Å². The zero-order valence-corrected chi connectivity index (χ0v) is 17.3. The largest absolute Gasteiger partial charge is 0.495 e. The predicted molar refractivity (Wildman–Crippen MR) is 108 cm³/mol. The molecule has 0 spiro atoms. The van der Waals surface area contributed by atoms with E-state index in [2.05, 4.69) is 22.4 Å². The average molecular weight is 418 g/mol. The van der Waals surface area contributed by atoms with Gasteiger partial charge in [0, 0.05) is 22.9 Å². The van der Waals surface area contributed by atoms with Crippen LogP contribution >= 0.6 is 46.5 Å². The molecule has 0 aliphatic carbocycles. The minimum absolute atomic E-state index is 0.0878. The number of ether oxygens (including phenoxy) is 1. The Morgan fingerprint density at radius 2 is 2.00 bits per heavy atom. The van der Waals surface area contributed by atoms with Crippen LogP contribution in [0.25, 0.3) is 0 Å². The summed E-state index contributed by atoms with van der Waals surface area (Å²) in [6.07, 6.45) is 2.73. The quantitative estimate of drug-likeness (QED) is 0.422. The van der Waals surface area contributed by atoms with Crippen LogP contribution in [-0.4, -0.2) is 34.7 Å². The second-order valence-corrected chi connectivity index (χ2v) is 9.13. The molecular weight excluding hydrogens is 398 g/mol. The standard InChI is InChI=1S/C16H20ClN3O2S3/c1-3-4-8-23-15-19-20-16(25-15)24-9-7-14(21)18-12-10-11(17)5-6-13(12)22-2/h5-6,10H,3-4,7-9H2,1-2H3,(H,18,21). The first kappa shape index (κ1) is 20.4. The second-order valence-electron chi connectivity index (χ2n) is 5.03. The van der Waals surface area contributed by atoms with Crippen molar-refractivity contribution in [3.8, 4) is 5.75 Å². The Kier molecular flexibility index (Phi) is 8.88. The molecule has 0 atom stereocenters. The van der Waals surface area contributed by atoms with Crippen molar-refractivity contribution in [2.45, 2.75) is 34.9 Å². The van der Waals surface area contributed by atoms with Gasteiger partial charge in [-0.15, -0.1) is 10.2 Å². The van der Waals surface area contributed by atoms with Crippen LogP contribution in [0, 0.1) is 0 Å². The number of unbranched alkanes of at least 4 members (excludes halogenated alkanes) is 1. The van der Waals surface area contributed by atoms with Gasteiger partial charge in [-0.05, 0) is 24.6 Å². The molecule has 0 saturated carbocycles. The Morgan fingerprint density at radius 3 is 2.68 bits per heavy atom. The number of nitrogens with zero attached hydrogens (tertiary/aromatic N) is 2. The van der Waals surface area contributed by atoms with Gasteiger partial charge in [-0.3, -0.25) is 4.79 Å². The molecule has 2 rings (SSSR count). The van der Waals surface area contributed by atoms with Gasteiger partial charge < -0.3 is 10.1 Å². The molecule has 1 heterocycles. The smallest absolute Gasteiger partial charge is 0.225 e. The van der Waals surface area contributed by atoms with Crippen molar-refractivity contribution in [2.24, 2.45) is 0 Å². The fourth-order valence-electron chi connectivity index (χ4n) is 1.84. The van der Waals surface area contributed by atoms with E-state index in [1.807, 2.05) is 0 Å². The number of amides is 1. The summed E-state index contributed by atoms with van der Waals surface area (Å²) in [5.41, 5.74) is 0.579. The minimum Gasteiger partial charge on any atom is -0.495 e. The van der Waals surface area contributed by atoms with E-state index in [-0.39, 0.29) is 5.91 Å². The molecule has 25 heavy (non-hydrogen) atoms. The summed E-state index contributed by atoms with van der Waals surface area (Å²) in [7, 11) is 1.56. The fourth-order valence-corrected chi connectivity index (χ4v) is 5.19. The van der Waals surface area contributed by atoms with E-state index in [1.54, 1.807) is 60.2 Å². The van der Waals surface area contributed by atoms with Crippen LogP contribution in [0.15, 0.2) is 26.9 Å². The molecule has 1 aromatic carbocycles. The molecule has 5 nitrogen and oxygen atoms in total. The molecule has 136 valence electrons. The number of thioether (sulfide) groups is 2. The van der Waals surface area contributed by atoms with Gasteiger partial charge in [0.15, 0.2) is 8.68 Å². The first-order valence-electron chi connectivity index (χ1n) is 7.85. The summed E-state index contributed by atoms with van der Waals surface area (Å²) in [6.45, 7) is 2.17. The predicted octanol–water partition coefficient (Wildman–Crippen LogP) is 5.21. The van der Waals surface area contributed by atoms with E-state index in [9.17, 15) is 4.79 Å². The third kappa shape index (κ3) is 7.05. The SMILES string of the molecule is CCCCSc1nnc(SCCC(=O)Nc2cc(Cl)ccc2OC)s1. The lowest BCUT2D eigenvalue weighted by molar-refractivity contribution is -0.115. The molecular formula is C16H20ClN3O2S3. The van der Waals surface area contributed by atoms with Crippen LogP contribution in [0.3, 0.4) is 0 Å². The van der Waals surface area contributed by atoms with Gasteiger partial charge in [0.05, 0.1) is 12.8 Å². The number of hydrogen-bond acceptors (Lipinski definition) is 7. The van der Waals surface area contributed by atoms with Crippen molar-refractivity contribution in [2.75, 3.05) is 23.9 Å². The zero-order valence-electron chi connectivity index (χ0n) is 14.1. The van der Waals surface area contributed by atoms with Crippen LogP contribution in [-0.2, 0) is 4.79 Å². The Morgan fingerprint density at radius 1 is 1.28 bits per heavy atom. The fraction of sp³-hybridized carbons (Fsp3) is 0.438. The number of anilines is 1. The molecule has 1 N–H and O–H groups in total. The molecule has 2 aromatic rings. The van der Waals surface area contributed by atoms with Gasteiger partial charge in [0.25, 0.3) is 0 Å². The summed E-state index contributed by atoms with van der Waals surface area (Å²) in [6, 6.07) is 5.12. The number of aromatic nitrogens is 2. The number of hydrogen-bond donors (Lipinski definition) is 1. The highest BCUT2D eigenvalue weighted by Gasteiger charge is 2.10. The van der Waals surface area contributed by atoms with Gasteiger partial charge in [0.1, 0.15) is 5.75 Å². The molecule has 1 amide bonds. The average Bonchev–Trinajstić information content (AvgIpc) is 3.03. The van der Waals surface area contributed by atoms with E-state index < -0.39 is 0 Å². The van der Waals surface area contributed by atoms with E-state index in [0.717, 1.165) is 14.4 Å². The van der Waals surface area contributed by atoms with Crippen molar-refractivity contribution in [1.82, 2.24) is 10.2 Å². The topological polar surface area (TPSA) is 64.1 Å². The third-order valence-electron chi connectivity index (χ3n) is 3.10. The maximum Gasteiger partial charge on any atom is 0.225 e. The summed E-state index contributed by atoms with van der Waals surface area (Å²) < 4.78 is 7.11. The minimum atomic E-state index is -0.0878. The van der Waals surface area contributed by atoms with E-state index in [1.165, 1.54) is 12.8 Å². The van der Waals surface area contributed by atoms with Gasteiger partial charge in [0.2, 0.25) is 5.91 Å². The van der Waals surface area contributed by atoms with E-state index in [0.29, 0.717) is 28.6 Å². The summed E-state index contributed by atoms with van der Waals surface area (Å²) >= 11 is 10.8. The van der Waals surface area contributed by atoms with Crippen molar-refractivity contribution in [3.63, 3.8) is 0 Å². The van der Waals surface area contributed by atoms with Crippen LogP contribution in [0.1, 0.15) is 26.2 Å². The first-order valence-corrected chi connectivity index (χ1v) is 11.0. The zero-order chi connectivity index (χ0) is 18.1. The Hall–Kier alpha value is -0.960. The highest BCUT2D eigenvalue weighted by molar-refractivity contribution is 8.03. The summed E-state index contributed by atoms with van der Waals surface area (Å²) in [4.78, 5) is 12.1. The number of halogens is 1. The molecule has 0 aliphatic rings. The summed E-state index contributed by atoms with van der Waals surface area (Å²) in [5.74, 6) is 2.21. The lowest BCUT2D eigenvalue weighted by Gasteiger charge is -2.10. The summed E-state index contributed by atoms with van der Waals surface area (Å²) in [5, 5.41) is 11.7. The monoisotopic (exact) mass is 417 g/mol. The second kappa shape index (κ2) is 10.9. The maximum atomic E-state index is 12.1. The maximum absolute atomic E-state index is 12.1. The van der Waals surface area contributed by atoms with Crippen molar-refractivity contribution >= 4 is 58.1 Å². The van der Waals surface area contributed by atoms with Gasteiger partial charge >= 0.3 is 0 Å². The Labute approximate surface area is 165 Å². The number of carbonyl (C=O) groups is 1. The highest BCUT2D eigenvalue weighted by Crippen LogP contribution is 2.30. The lowest BCUT2D eigenvalue weighted by atomic mass is 10.3. The molecule has 0 aliphatic heterocycles. The molecule has 0 radical (unpaired) electrons. The van der Waals surface area contributed by atoms with Crippen LogP contribution < -0.4 is 10.1 Å². The van der Waals surface area contributed by atoms with Crippen LogP contribution in [0.2, 0.25) is 5.02 Å². The number of methoxy groups -OCH3 is 1.